The Bertz CT molecular complexity index is 614. The highest BCUT2D eigenvalue weighted by molar-refractivity contribution is 8.22. The molecule has 0 saturated carbocycles. The van der Waals surface area contributed by atoms with Gasteiger partial charge < -0.3 is 5.11 Å². The molecule has 2 rings (SSSR count). The van der Waals surface area contributed by atoms with Crippen molar-refractivity contribution in [2.75, 3.05) is 0 Å². The van der Waals surface area contributed by atoms with Crippen LogP contribution < -0.4 is 0 Å². The zero-order valence-corrected chi connectivity index (χ0v) is 11.2. The molecular weight excluding hydrogens is 286 g/mol. The number of phenolic OH excluding ortho intramolecular Hbond substituents is 1. The summed E-state index contributed by atoms with van der Waals surface area (Å²) < 4.78 is 2.22. The number of hydrogen-bond acceptors (Lipinski definition) is 6. The summed E-state index contributed by atoms with van der Waals surface area (Å²) in [5.74, 6) is 0.372. The average molecular weight is 295 g/mol. The standard InChI is InChI=1S/C11H9N3O3S2/c15-10-2-1-9(14(16)17)5-8(10)6-19-11(18)13-4-3-12-7-13/h1-5,7,15H,6H2. The highest BCUT2D eigenvalue weighted by atomic mass is 32.2. The van der Waals surface area contributed by atoms with Crippen LogP contribution in [-0.2, 0) is 5.75 Å². The summed E-state index contributed by atoms with van der Waals surface area (Å²) >= 11 is 6.47. The van der Waals surface area contributed by atoms with Gasteiger partial charge in [0.05, 0.1) is 4.92 Å². The van der Waals surface area contributed by atoms with E-state index in [-0.39, 0.29) is 11.4 Å². The summed E-state index contributed by atoms with van der Waals surface area (Å²) in [6.45, 7) is 0. The minimum atomic E-state index is -0.498. The minimum Gasteiger partial charge on any atom is -0.508 e. The predicted molar refractivity (Wildman–Crippen MR) is 76.3 cm³/mol. The number of phenols is 1. The van der Waals surface area contributed by atoms with Crippen LogP contribution in [0.1, 0.15) is 5.56 Å². The first-order chi connectivity index (χ1) is 9.08. The Labute approximate surface area is 118 Å². The van der Waals surface area contributed by atoms with Gasteiger partial charge in [-0.2, -0.15) is 0 Å². The fourth-order valence-electron chi connectivity index (χ4n) is 1.38. The maximum absolute atomic E-state index is 10.7. The van der Waals surface area contributed by atoms with E-state index >= 15 is 0 Å². The molecule has 0 radical (unpaired) electrons. The molecule has 6 nitrogen and oxygen atoms in total. The largest absolute Gasteiger partial charge is 0.508 e. The number of nitro groups is 1. The third-order valence-corrected chi connectivity index (χ3v) is 3.82. The van der Waals surface area contributed by atoms with Gasteiger partial charge in [0.2, 0.25) is 0 Å². The second kappa shape index (κ2) is 5.81. The van der Waals surface area contributed by atoms with Crippen LogP contribution in [0.2, 0.25) is 0 Å². The predicted octanol–water partition coefficient (Wildman–Crippen LogP) is 2.56. The highest BCUT2D eigenvalue weighted by Gasteiger charge is 2.11. The van der Waals surface area contributed by atoms with E-state index < -0.39 is 4.92 Å². The zero-order valence-electron chi connectivity index (χ0n) is 9.59. The lowest BCUT2D eigenvalue weighted by Crippen LogP contribution is -2.02. The molecule has 0 aliphatic carbocycles. The van der Waals surface area contributed by atoms with Gasteiger partial charge in [0.1, 0.15) is 16.4 Å². The first kappa shape index (κ1) is 13.5. The van der Waals surface area contributed by atoms with Crippen LogP contribution in [0.15, 0.2) is 36.9 Å². The van der Waals surface area contributed by atoms with E-state index in [4.69, 9.17) is 12.2 Å². The minimum absolute atomic E-state index is 0.0199. The molecule has 0 saturated heterocycles. The quantitative estimate of drug-likeness (QED) is 0.532. The van der Waals surface area contributed by atoms with Gasteiger partial charge in [-0.25, -0.2) is 4.98 Å². The molecule has 1 heterocycles. The Balaban J connectivity index is 2.09. The second-order valence-corrected chi connectivity index (χ2v) is 5.20. The fraction of sp³-hybridized carbons (Fsp3) is 0.0909. The number of hydrogen-bond donors (Lipinski definition) is 1. The van der Waals surface area contributed by atoms with Crippen molar-refractivity contribution in [1.82, 2.24) is 9.55 Å². The molecule has 1 N–H and O–H groups in total. The number of nitrogens with zero attached hydrogens (tertiary/aromatic N) is 3. The molecule has 98 valence electrons. The molecule has 0 unspecified atom stereocenters. The maximum atomic E-state index is 10.7. The molecule has 8 heteroatoms. The van der Waals surface area contributed by atoms with Crippen molar-refractivity contribution in [1.29, 1.82) is 0 Å². The molecule has 2 aromatic rings. The van der Waals surface area contributed by atoms with E-state index in [1.54, 1.807) is 23.3 Å². The Kier molecular flexibility index (Phi) is 4.13. The smallest absolute Gasteiger partial charge is 0.270 e. The second-order valence-electron chi connectivity index (χ2n) is 3.59. The summed E-state index contributed by atoms with van der Waals surface area (Å²) in [5, 5.41) is 20.3. The summed E-state index contributed by atoms with van der Waals surface area (Å²) in [6.07, 6.45) is 4.89. The number of thioether (sulfide) groups is 1. The van der Waals surface area contributed by atoms with Gasteiger partial charge in [0, 0.05) is 35.8 Å². The molecular formula is C11H9N3O3S2. The van der Waals surface area contributed by atoms with E-state index in [9.17, 15) is 15.2 Å². The van der Waals surface area contributed by atoms with Gasteiger partial charge in [-0.1, -0.05) is 24.0 Å². The Morgan fingerprint density at radius 3 is 3.00 bits per heavy atom. The van der Waals surface area contributed by atoms with E-state index in [1.165, 1.54) is 30.0 Å². The SMILES string of the molecule is O=[N+]([O-])c1ccc(O)c(CSC(=S)n2ccnc2)c1. The topological polar surface area (TPSA) is 81.2 Å². The van der Waals surface area contributed by atoms with E-state index in [0.29, 0.717) is 15.6 Å². The number of imidazole rings is 1. The number of rotatable bonds is 3. The number of non-ortho nitro benzene ring substituents is 1. The molecule has 0 aliphatic heterocycles. The molecule has 0 aliphatic rings. The highest BCUT2D eigenvalue weighted by Crippen LogP contribution is 2.27. The Morgan fingerprint density at radius 1 is 1.58 bits per heavy atom. The summed E-state index contributed by atoms with van der Waals surface area (Å²) in [6, 6.07) is 3.92. The maximum Gasteiger partial charge on any atom is 0.270 e. The van der Waals surface area contributed by atoms with E-state index in [0.717, 1.165) is 0 Å². The summed E-state index contributed by atoms with van der Waals surface area (Å²) in [5.41, 5.74) is 0.420. The van der Waals surface area contributed by atoms with E-state index in [1.807, 2.05) is 0 Å². The molecule has 1 aromatic carbocycles. The van der Waals surface area contributed by atoms with Gasteiger partial charge in [-0.3, -0.25) is 14.7 Å². The number of thiocarbonyl (C=S) groups is 1. The van der Waals surface area contributed by atoms with Crippen molar-refractivity contribution in [2.24, 2.45) is 0 Å². The normalized spacial score (nSPS) is 10.3. The van der Waals surface area contributed by atoms with Crippen molar-refractivity contribution < 1.29 is 10.0 Å². The lowest BCUT2D eigenvalue weighted by atomic mass is 10.2. The van der Waals surface area contributed by atoms with Crippen molar-refractivity contribution in [3.63, 3.8) is 0 Å². The van der Waals surface area contributed by atoms with Crippen molar-refractivity contribution in [3.05, 3.63) is 52.6 Å². The summed E-state index contributed by atoms with van der Waals surface area (Å²) in [4.78, 5) is 14.0. The van der Waals surface area contributed by atoms with Gasteiger partial charge in [-0.05, 0) is 6.07 Å². The number of aromatic nitrogens is 2. The Hall–Kier alpha value is -1.93. The van der Waals surface area contributed by atoms with Crippen LogP contribution in [0.5, 0.6) is 5.75 Å². The number of nitro benzene ring substituents is 1. The first-order valence-corrected chi connectivity index (χ1v) is 6.58. The van der Waals surface area contributed by atoms with Crippen molar-refractivity contribution >= 4 is 34.0 Å². The monoisotopic (exact) mass is 295 g/mol. The van der Waals surface area contributed by atoms with Gasteiger partial charge in [0.25, 0.3) is 5.69 Å². The van der Waals surface area contributed by atoms with E-state index in [2.05, 4.69) is 4.98 Å². The van der Waals surface area contributed by atoms with Gasteiger partial charge >= 0.3 is 0 Å². The fourth-order valence-corrected chi connectivity index (χ4v) is 2.43. The summed E-state index contributed by atoms with van der Waals surface area (Å²) in [7, 11) is 0. The van der Waals surface area contributed by atoms with Crippen molar-refractivity contribution in [3.8, 4) is 5.75 Å². The van der Waals surface area contributed by atoms with Crippen LogP contribution in [0.25, 0.3) is 0 Å². The zero-order chi connectivity index (χ0) is 13.8. The lowest BCUT2D eigenvalue weighted by Gasteiger charge is -2.06. The first-order valence-electron chi connectivity index (χ1n) is 5.19. The molecule has 0 amide bonds. The van der Waals surface area contributed by atoms with Crippen LogP contribution in [0, 0.1) is 10.1 Å². The van der Waals surface area contributed by atoms with Crippen molar-refractivity contribution in [2.45, 2.75) is 5.75 Å². The number of aromatic hydroxyl groups is 1. The molecule has 0 bridgehead atoms. The molecule has 0 fully saturated rings. The van der Waals surface area contributed by atoms with Crippen LogP contribution in [-0.4, -0.2) is 23.9 Å². The molecule has 1 aromatic heterocycles. The Morgan fingerprint density at radius 2 is 2.37 bits per heavy atom. The third-order valence-electron chi connectivity index (χ3n) is 2.34. The third kappa shape index (κ3) is 3.30. The average Bonchev–Trinajstić information content (AvgIpc) is 2.91. The molecule has 19 heavy (non-hydrogen) atoms. The van der Waals surface area contributed by atoms with Gasteiger partial charge in [0.15, 0.2) is 0 Å². The number of benzene rings is 1. The van der Waals surface area contributed by atoms with Crippen LogP contribution in [0.4, 0.5) is 5.69 Å². The molecule has 0 spiro atoms. The van der Waals surface area contributed by atoms with Crippen LogP contribution in [0.3, 0.4) is 0 Å². The lowest BCUT2D eigenvalue weighted by molar-refractivity contribution is -0.384. The van der Waals surface area contributed by atoms with Crippen LogP contribution >= 0.6 is 24.0 Å². The van der Waals surface area contributed by atoms with Gasteiger partial charge in [-0.15, -0.1) is 0 Å². The molecule has 0 atom stereocenters.